The molecular weight excluding hydrogens is 212 g/mol. The first-order valence-electron chi connectivity index (χ1n) is 5.99. The highest BCUT2D eigenvalue weighted by Gasteiger charge is 2.38. The molecule has 0 fully saturated rings. The summed E-state index contributed by atoms with van der Waals surface area (Å²) in [6, 6.07) is 8.05. The van der Waals surface area contributed by atoms with Crippen molar-refractivity contribution in [3.05, 3.63) is 35.4 Å². The number of aliphatic hydroxyl groups excluding tert-OH is 1. The number of hydrogen-bond acceptors (Lipinski definition) is 2. The van der Waals surface area contributed by atoms with E-state index in [0.717, 1.165) is 12.2 Å². The van der Waals surface area contributed by atoms with Gasteiger partial charge < -0.3 is 9.84 Å². The van der Waals surface area contributed by atoms with Gasteiger partial charge in [-0.3, -0.25) is 0 Å². The van der Waals surface area contributed by atoms with Crippen LogP contribution in [0.15, 0.2) is 29.8 Å². The minimum atomic E-state index is -0.278. The van der Waals surface area contributed by atoms with Crippen LogP contribution in [0.2, 0.25) is 0 Å². The standard InChI is InChI=1S/C15H20O2/c1-10-13(9-14(16)15(10,2)3)11-5-7-12(17-4)8-6-11/h5-8,14,16H,9H2,1-4H3. The molecule has 2 nitrogen and oxygen atoms in total. The third-order valence-electron chi connectivity index (χ3n) is 4.09. The highest BCUT2D eigenvalue weighted by atomic mass is 16.5. The molecule has 0 aromatic heterocycles. The monoisotopic (exact) mass is 232 g/mol. The number of benzene rings is 1. The van der Waals surface area contributed by atoms with Crippen molar-refractivity contribution in [3.8, 4) is 5.75 Å². The molecule has 0 bridgehead atoms. The largest absolute Gasteiger partial charge is 0.497 e. The van der Waals surface area contributed by atoms with Crippen LogP contribution in [-0.2, 0) is 0 Å². The Morgan fingerprint density at radius 2 is 1.82 bits per heavy atom. The van der Waals surface area contributed by atoms with Crippen LogP contribution >= 0.6 is 0 Å². The molecule has 92 valence electrons. The molecule has 0 amide bonds. The van der Waals surface area contributed by atoms with Crippen LogP contribution in [0.1, 0.15) is 32.8 Å². The summed E-state index contributed by atoms with van der Waals surface area (Å²) in [6.07, 6.45) is 0.463. The second-order valence-electron chi connectivity index (χ2n) is 5.27. The van der Waals surface area contributed by atoms with Crippen molar-refractivity contribution >= 4 is 5.57 Å². The van der Waals surface area contributed by atoms with Crippen LogP contribution in [0.5, 0.6) is 5.75 Å². The maximum Gasteiger partial charge on any atom is 0.118 e. The predicted octanol–water partition coefficient (Wildman–Crippen LogP) is 3.26. The highest BCUT2D eigenvalue weighted by molar-refractivity contribution is 5.73. The van der Waals surface area contributed by atoms with Crippen molar-refractivity contribution in [2.24, 2.45) is 5.41 Å². The fraction of sp³-hybridized carbons (Fsp3) is 0.467. The summed E-state index contributed by atoms with van der Waals surface area (Å²) in [5.41, 5.74) is 3.63. The highest BCUT2D eigenvalue weighted by Crippen LogP contribution is 2.46. The van der Waals surface area contributed by atoms with E-state index in [0.29, 0.717) is 0 Å². The van der Waals surface area contributed by atoms with Crippen molar-refractivity contribution < 1.29 is 9.84 Å². The summed E-state index contributed by atoms with van der Waals surface area (Å²) in [4.78, 5) is 0. The van der Waals surface area contributed by atoms with Crippen molar-refractivity contribution in [1.82, 2.24) is 0 Å². The van der Waals surface area contributed by atoms with Crippen LogP contribution in [0.25, 0.3) is 5.57 Å². The average molecular weight is 232 g/mol. The summed E-state index contributed by atoms with van der Waals surface area (Å²) >= 11 is 0. The molecule has 0 spiro atoms. The van der Waals surface area contributed by atoms with E-state index in [4.69, 9.17) is 4.74 Å². The third-order valence-corrected chi connectivity index (χ3v) is 4.09. The molecule has 0 saturated carbocycles. The maximum absolute atomic E-state index is 10.1. The fourth-order valence-corrected chi connectivity index (χ4v) is 2.37. The van der Waals surface area contributed by atoms with Crippen LogP contribution < -0.4 is 4.74 Å². The van der Waals surface area contributed by atoms with E-state index in [-0.39, 0.29) is 11.5 Å². The quantitative estimate of drug-likeness (QED) is 0.848. The van der Waals surface area contributed by atoms with Crippen LogP contribution in [-0.4, -0.2) is 18.3 Å². The normalized spacial score (nSPS) is 23.0. The molecule has 2 rings (SSSR count). The van der Waals surface area contributed by atoms with Gasteiger partial charge in [0, 0.05) is 5.41 Å². The van der Waals surface area contributed by atoms with Gasteiger partial charge in [0.1, 0.15) is 5.75 Å². The zero-order valence-electron chi connectivity index (χ0n) is 10.9. The summed E-state index contributed by atoms with van der Waals surface area (Å²) in [5, 5.41) is 10.1. The Hall–Kier alpha value is -1.28. The molecule has 1 aliphatic rings. The van der Waals surface area contributed by atoms with E-state index in [9.17, 15) is 5.11 Å². The predicted molar refractivity (Wildman–Crippen MR) is 70.0 cm³/mol. The second kappa shape index (κ2) is 4.19. The maximum atomic E-state index is 10.1. The molecule has 1 aromatic carbocycles. The van der Waals surface area contributed by atoms with Gasteiger partial charge in [-0.15, -0.1) is 0 Å². The number of hydrogen-bond donors (Lipinski definition) is 1. The van der Waals surface area contributed by atoms with E-state index in [1.54, 1.807) is 7.11 Å². The van der Waals surface area contributed by atoms with Crippen molar-refractivity contribution in [2.45, 2.75) is 33.3 Å². The molecule has 1 N–H and O–H groups in total. The lowest BCUT2D eigenvalue weighted by atomic mass is 9.84. The summed E-state index contributed by atoms with van der Waals surface area (Å²) in [7, 11) is 1.67. The van der Waals surface area contributed by atoms with Crippen molar-refractivity contribution in [3.63, 3.8) is 0 Å². The minimum absolute atomic E-state index is 0.116. The molecule has 1 atom stereocenters. The Balaban J connectivity index is 2.37. The average Bonchev–Trinajstić information content (AvgIpc) is 2.53. The molecule has 1 unspecified atom stereocenters. The van der Waals surface area contributed by atoms with E-state index in [1.165, 1.54) is 16.7 Å². The van der Waals surface area contributed by atoms with Crippen molar-refractivity contribution in [1.29, 1.82) is 0 Å². The van der Waals surface area contributed by atoms with Crippen LogP contribution in [0.4, 0.5) is 0 Å². The van der Waals surface area contributed by atoms with Gasteiger partial charge in [-0.2, -0.15) is 0 Å². The van der Waals surface area contributed by atoms with Gasteiger partial charge >= 0.3 is 0 Å². The Bertz CT molecular complexity index is 440. The minimum Gasteiger partial charge on any atom is -0.497 e. The molecule has 0 saturated heterocycles. The molecule has 1 aromatic rings. The summed E-state index contributed by atoms with van der Waals surface area (Å²) in [6.45, 7) is 6.32. The number of aliphatic hydroxyl groups is 1. The van der Waals surface area contributed by atoms with E-state index in [2.05, 4.69) is 32.9 Å². The van der Waals surface area contributed by atoms with Gasteiger partial charge in [-0.05, 0) is 36.6 Å². The van der Waals surface area contributed by atoms with Gasteiger partial charge in [-0.25, -0.2) is 0 Å². The SMILES string of the molecule is COc1ccc(C2=C(C)C(C)(C)C(O)C2)cc1. The second-order valence-corrected chi connectivity index (χ2v) is 5.27. The first-order chi connectivity index (χ1) is 7.96. The van der Waals surface area contributed by atoms with Gasteiger partial charge in [0.25, 0.3) is 0 Å². The zero-order valence-corrected chi connectivity index (χ0v) is 10.9. The molecule has 0 heterocycles. The fourth-order valence-electron chi connectivity index (χ4n) is 2.37. The lowest BCUT2D eigenvalue weighted by Gasteiger charge is -2.24. The van der Waals surface area contributed by atoms with Crippen molar-refractivity contribution in [2.75, 3.05) is 7.11 Å². The smallest absolute Gasteiger partial charge is 0.118 e. The first-order valence-corrected chi connectivity index (χ1v) is 5.99. The lowest BCUT2D eigenvalue weighted by molar-refractivity contribution is 0.0917. The molecule has 2 heteroatoms. The molecular formula is C15H20O2. The van der Waals surface area contributed by atoms with Crippen LogP contribution in [0, 0.1) is 5.41 Å². The molecule has 0 aliphatic heterocycles. The number of ether oxygens (including phenoxy) is 1. The zero-order chi connectivity index (χ0) is 12.6. The number of rotatable bonds is 2. The Labute approximate surface area is 103 Å². The first kappa shape index (κ1) is 12.2. The molecule has 1 aliphatic carbocycles. The number of methoxy groups -OCH3 is 1. The van der Waals surface area contributed by atoms with Crippen LogP contribution in [0.3, 0.4) is 0 Å². The van der Waals surface area contributed by atoms with Gasteiger partial charge in [-0.1, -0.05) is 31.6 Å². The van der Waals surface area contributed by atoms with E-state index >= 15 is 0 Å². The van der Waals surface area contributed by atoms with Gasteiger partial charge in [0.15, 0.2) is 0 Å². The van der Waals surface area contributed by atoms with E-state index < -0.39 is 0 Å². The third kappa shape index (κ3) is 1.98. The summed E-state index contributed by atoms with van der Waals surface area (Å²) in [5.74, 6) is 0.866. The Morgan fingerprint density at radius 3 is 2.24 bits per heavy atom. The Kier molecular flexibility index (Phi) is 3.00. The molecule has 0 radical (unpaired) electrons. The molecule has 17 heavy (non-hydrogen) atoms. The van der Waals surface area contributed by atoms with Gasteiger partial charge in [0.05, 0.1) is 13.2 Å². The lowest BCUT2D eigenvalue weighted by Crippen LogP contribution is -2.24. The van der Waals surface area contributed by atoms with E-state index in [1.807, 2.05) is 12.1 Å². The summed E-state index contributed by atoms with van der Waals surface area (Å²) < 4.78 is 5.16. The van der Waals surface area contributed by atoms with Gasteiger partial charge in [0.2, 0.25) is 0 Å². The Morgan fingerprint density at radius 1 is 1.24 bits per heavy atom. The topological polar surface area (TPSA) is 29.5 Å².